The molecule has 0 unspecified atom stereocenters. The molecule has 1 aromatic rings. The summed E-state index contributed by atoms with van der Waals surface area (Å²) in [4.78, 5) is 0. The Morgan fingerprint density at radius 3 is 2.77 bits per heavy atom. The smallest absolute Gasteiger partial charge is 0.124 e. The number of hydrogen-bond acceptors (Lipinski definition) is 2. The summed E-state index contributed by atoms with van der Waals surface area (Å²) in [6.07, 6.45) is 5.06. The molecule has 0 aliphatic heterocycles. The van der Waals surface area contributed by atoms with Gasteiger partial charge in [0.1, 0.15) is 5.82 Å². The van der Waals surface area contributed by atoms with Crippen LogP contribution < -0.4 is 5.73 Å². The van der Waals surface area contributed by atoms with Crippen molar-refractivity contribution in [3.8, 4) is 0 Å². The Hall–Kier alpha value is -1.25. The van der Waals surface area contributed by atoms with Gasteiger partial charge in [-0.05, 0) is 26.2 Å². The molecule has 1 heterocycles. The van der Waals surface area contributed by atoms with E-state index in [1.54, 1.807) is 4.68 Å². The average Bonchev–Trinajstić information content (AvgIpc) is 2.32. The van der Waals surface area contributed by atoms with E-state index in [1.807, 2.05) is 20.0 Å². The molecule has 0 aromatic carbocycles. The molecule has 0 bridgehead atoms. The first kappa shape index (κ1) is 9.84. The monoisotopic (exact) mass is 179 g/mol. The second kappa shape index (κ2) is 4.12. The summed E-state index contributed by atoms with van der Waals surface area (Å²) in [7, 11) is 1.87. The van der Waals surface area contributed by atoms with E-state index in [0.717, 1.165) is 30.8 Å². The summed E-state index contributed by atoms with van der Waals surface area (Å²) in [6, 6.07) is 0. The number of nitrogen functional groups attached to an aromatic ring is 1. The number of nitrogens with two attached hydrogens (primary N) is 1. The Kier molecular flexibility index (Phi) is 3.12. The second-order valence-electron chi connectivity index (χ2n) is 3.25. The number of unbranched alkanes of at least 4 members (excludes halogenated alkanes) is 1. The molecule has 0 radical (unpaired) electrons. The maximum absolute atomic E-state index is 5.86. The van der Waals surface area contributed by atoms with Crippen molar-refractivity contribution in [2.75, 3.05) is 5.73 Å². The van der Waals surface area contributed by atoms with Crippen molar-refractivity contribution in [2.45, 2.75) is 26.2 Å². The zero-order valence-electron chi connectivity index (χ0n) is 8.38. The van der Waals surface area contributed by atoms with Crippen LogP contribution in [0.1, 0.15) is 24.1 Å². The normalized spacial score (nSPS) is 10.3. The fraction of sp³-hybridized carbons (Fsp3) is 0.500. The van der Waals surface area contributed by atoms with Crippen molar-refractivity contribution < 1.29 is 0 Å². The Balaban J connectivity index is 2.69. The number of rotatable bonds is 4. The molecular formula is C10H17N3. The van der Waals surface area contributed by atoms with Crippen LogP contribution in [0.4, 0.5) is 5.82 Å². The molecule has 3 heteroatoms. The third kappa shape index (κ3) is 2.11. The summed E-state index contributed by atoms with van der Waals surface area (Å²) in [5, 5.41) is 4.26. The van der Waals surface area contributed by atoms with Crippen LogP contribution in [0.15, 0.2) is 12.7 Å². The first-order valence-electron chi connectivity index (χ1n) is 4.55. The molecule has 0 amide bonds. The summed E-state index contributed by atoms with van der Waals surface area (Å²) >= 11 is 0. The number of nitrogens with zero attached hydrogens (tertiary/aromatic N) is 2. The van der Waals surface area contributed by atoms with Crippen LogP contribution in [0.3, 0.4) is 0 Å². The molecule has 1 rings (SSSR count). The van der Waals surface area contributed by atoms with Crippen LogP contribution >= 0.6 is 0 Å². The van der Waals surface area contributed by atoms with Gasteiger partial charge in [-0.2, -0.15) is 5.10 Å². The predicted octanol–water partition coefficient (Wildman–Crippen LogP) is 1.82. The van der Waals surface area contributed by atoms with Gasteiger partial charge in [0.15, 0.2) is 0 Å². The van der Waals surface area contributed by atoms with E-state index < -0.39 is 0 Å². The van der Waals surface area contributed by atoms with Crippen molar-refractivity contribution in [1.29, 1.82) is 0 Å². The van der Waals surface area contributed by atoms with Gasteiger partial charge >= 0.3 is 0 Å². The quantitative estimate of drug-likeness (QED) is 0.566. The lowest BCUT2D eigenvalue weighted by Gasteiger charge is -1.99. The molecule has 0 saturated heterocycles. The van der Waals surface area contributed by atoms with Crippen molar-refractivity contribution >= 4 is 5.82 Å². The molecule has 1 aromatic heterocycles. The number of anilines is 1. The minimum Gasteiger partial charge on any atom is -0.384 e. The van der Waals surface area contributed by atoms with Crippen LogP contribution in [-0.2, 0) is 13.5 Å². The lowest BCUT2D eigenvalue weighted by atomic mass is 10.1. The van der Waals surface area contributed by atoms with Crippen LogP contribution in [0.5, 0.6) is 0 Å². The van der Waals surface area contributed by atoms with E-state index in [4.69, 9.17) is 5.73 Å². The van der Waals surface area contributed by atoms with E-state index in [2.05, 4.69) is 11.7 Å². The van der Waals surface area contributed by atoms with Crippen LogP contribution in [0.25, 0.3) is 0 Å². The Labute approximate surface area is 79.2 Å². The van der Waals surface area contributed by atoms with Crippen molar-refractivity contribution in [1.82, 2.24) is 9.78 Å². The highest BCUT2D eigenvalue weighted by Crippen LogP contribution is 2.17. The first-order chi connectivity index (χ1) is 6.16. The molecule has 2 N–H and O–H groups in total. The van der Waals surface area contributed by atoms with E-state index in [-0.39, 0.29) is 0 Å². The van der Waals surface area contributed by atoms with E-state index in [9.17, 15) is 0 Å². The summed E-state index contributed by atoms with van der Waals surface area (Å²) < 4.78 is 1.73. The fourth-order valence-electron chi connectivity index (χ4n) is 1.45. The van der Waals surface area contributed by atoms with Crippen molar-refractivity contribution in [3.63, 3.8) is 0 Å². The largest absolute Gasteiger partial charge is 0.384 e. The van der Waals surface area contributed by atoms with Gasteiger partial charge < -0.3 is 5.73 Å². The lowest BCUT2D eigenvalue weighted by molar-refractivity contribution is 0.767. The van der Waals surface area contributed by atoms with E-state index >= 15 is 0 Å². The predicted molar refractivity (Wildman–Crippen MR) is 55.5 cm³/mol. The van der Waals surface area contributed by atoms with Gasteiger partial charge in [0.25, 0.3) is 0 Å². The average molecular weight is 179 g/mol. The third-order valence-corrected chi connectivity index (χ3v) is 2.23. The SMILES string of the molecule is C=CCCCc1c(C)nn(C)c1N. The zero-order valence-corrected chi connectivity index (χ0v) is 8.38. The lowest BCUT2D eigenvalue weighted by Crippen LogP contribution is -1.99. The molecule has 0 atom stereocenters. The molecule has 13 heavy (non-hydrogen) atoms. The maximum atomic E-state index is 5.86. The molecule has 0 saturated carbocycles. The minimum absolute atomic E-state index is 0.793. The van der Waals surface area contributed by atoms with Crippen molar-refractivity contribution in [2.24, 2.45) is 7.05 Å². The molecule has 0 aliphatic rings. The van der Waals surface area contributed by atoms with Gasteiger partial charge in [0.2, 0.25) is 0 Å². The molecule has 0 aliphatic carbocycles. The van der Waals surface area contributed by atoms with Gasteiger partial charge in [-0.25, -0.2) is 0 Å². The molecular weight excluding hydrogens is 162 g/mol. The number of hydrogen-bond donors (Lipinski definition) is 1. The highest BCUT2D eigenvalue weighted by molar-refractivity contribution is 5.42. The third-order valence-electron chi connectivity index (χ3n) is 2.23. The molecule has 0 fully saturated rings. The Morgan fingerprint density at radius 2 is 2.31 bits per heavy atom. The fourth-order valence-corrected chi connectivity index (χ4v) is 1.45. The van der Waals surface area contributed by atoms with Gasteiger partial charge in [0.05, 0.1) is 5.69 Å². The molecule has 0 spiro atoms. The Morgan fingerprint density at radius 1 is 1.62 bits per heavy atom. The summed E-state index contributed by atoms with van der Waals surface area (Å²) in [5.74, 6) is 0.793. The second-order valence-corrected chi connectivity index (χ2v) is 3.25. The molecule has 3 nitrogen and oxygen atoms in total. The zero-order chi connectivity index (χ0) is 9.84. The first-order valence-corrected chi connectivity index (χ1v) is 4.55. The molecule has 72 valence electrons. The highest BCUT2D eigenvalue weighted by atomic mass is 15.3. The van der Waals surface area contributed by atoms with Gasteiger partial charge in [-0.1, -0.05) is 6.08 Å². The van der Waals surface area contributed by atoms with Crippen LogP contribution in [0.2, 0.25) is 0 Å². The van der Waals surface area contributed by atoms with Crippen LogP contribution in [0, 0.1) is 6.92 Å². The number of aromatic nitrogens is 2. The standard InChI is InChI=1S/C10H17N3/c1-4-5-6-7-9-8(2)12-13(3)10(9)11/h4H,1,5-7,11H2,2-3H3. The van der Waals surface area contributed by atoms with E-state index in [0.29, 0.717) is 0 Å². The van der Waals surface area contributed by atoms with Crippen molar-refractivity contribution in [3.05, 3.63) is 23.9 Å². The Bertz CT molecular complexity index is 299. The maximum Gasteiger partial charge on any atom is 0.124 e. The summed E-state index contributed by atoms with van der Waals surface area (Å²) in [5.41, 5.74) is 8.09. The van der Waals surface area contributed by atoms with Gasteiger partial charge in [0, 0.05) is 12.6 Å². The summed E-state index contributed by atoms with van der Waals surface area (Å²) in [6.45, 7) is 5.69. The number of allylic oxidation sites excluding steroid dienone is 1. The highest BCUT2D eigenvalue weighted by Gasteiger charge is 2.08. The van der Waals surface area contributed by atoms with Crippen LogP contribution in [-0.4, -0.2) is 9.78 Å². The number of aryl methyl sites for hydroxylation is 2. The van der Waals surface area contributed by atoms with E-state index in [1.165, 1.54) is 5.56 Å². The van der Waals surface area contributed by atoms with Gasteiger partial charge in [-0.3, -0.25) is 4.68 Å². The van der Waals surface area contributed by atoms with Gasteiger partial charge in [-0.15, -0.1) is 6.58 Å². The topological polar surface area (TPSA) is 43.8 Å². The minimum atomic E-state index is 0.793.